The van der Waals surface area contributed by atoms with Crippen LogP contribution in [0.3, 0.4) is 0 Å². The van der Waals surface area contributed by atoms with Crippen LogP contribution < -0.4 is 5.32 Å². The summed E-state index contributed by atoms with van der Waals surface area (Å²) in [5.74, 6) is -1.23. The predicted octanol–water partition coefficient (Wildman–Crippen LogP) is 1.99. The molecular formula is C11H9F2N5. The lowest BCUT2D eigenvalue weighted by atomic mass is 10.2. The van der Waals surface area contributed by atoms with Gasteiger partial charge in [0, 0.05) is 6.54 Å². The van der Waals surface area contributed by atoms with Crippen molar-refractivity contribution in [3.63, 3.8) is 0 Å². The maximum Gasteiger partial charge on any atom is 0.257 e. The monoisotopic (exact) mass is 249 g/mol. The van der Waals surface area contributed by atoms with Crippen molar-refractivity contribution in [3.8, 4) is 0 Å². The van der Waals surface area contributed by atoms with Crippen molar-refractivity contribution in [2.75, 3.05) is 11.9 Å². The number of aromatic nitrogens is 4. The van der Waals surface area contributed by atoms with Gasteiger partial charge >= 0.3 is 0 Å². The summed E-state index contributed by atoms with van der Waals surface area (Å²) in [4.78, 5) is 4.13. The lowest BCUT2D eigenvalue weighted by molar-refractivity contribution is 0.516. The van der Waals surface area contributed by atoms with E-state index in [0.29, 0.717) is 17.8 Å². The maximum atomic E-state index is 13.9. The third kappa shape index (κ3) is 1.40. The van der Waals surface area contributed by atoms with Gasteiger partial charge in [-0.25, -0.2) is 8.78 Å². The van der Waals surface area contributed by atoms with E-state index in [9.17, 15) is 8.78 Å². The van der Waals surface area contributed by atoms with E-state index in [4.69, 9.17) is 0 Å². The highest BCUT2D eigenvalue weighted by Gasteiger charge is 2.16. The first-order valence-electron chi connectivity index (χ1n) is 5.43. The SMILES string of the molecule is CCNc1nc2nncn2c2ccc(F)c(F)c12. The van der Waals surface area contributed by atoms with Crippen LogP contribution in [0.1, 0.15) is 6.92 Å². The van der Waals surface area contributed by atoms with Crippen LogP contribution in [0.4, 0.5) is 14.6 Å². The second kappa shape index (κ2) is 3.86. The molecule has 0 aliphatic rings. The molecule has 7 heteroatoms. The summed E-state index contributed by atoms with van der Waals surface area (Å²) in [7, 11) is 0. The highest BCUT2D eigenvalue weighted by Crippen LogP contribution is 2.26. The van der Waals surface area contributed by atoms with Gasteiger partial charge in [0.05, 0.1) is 10.9 Å². The molecule has 0 spiro atoms. The number of halogens is 2. The van der Waals surface area contributed by atoms with E-state index in [1.807, 2.05) is 6.92 Å². The third-order valence-electron chi connectivity index (χ3n) is 2.65. The highest BCUT2D eigenvalue weighted by atomic mass is 19.2. The van der Waals surface area contributed by atoms with E-state index in [2.05, 4.69) is 20.5 Å². The first-order valence-corrected chi connectivity index (χ1v) is 5.43. The second-order valence-electron chi connectivity index (χ2n) is 3.75. The number of anilines is 1. The Morgan fingerprint density at radius 1 is 1.33 bits per heavy atom. The Morgan fingerprint density at radius 3 is 2.94 bits per heavy atom. The molecule has 0 radical (unpaired) electrons. The molecule has 0 amide bonds. The van der Waals surface area contributed by atoms with E-state index >= 15 is 0 Å². The predicted molar refractivity (Wildman–Crippen MR) is 62.4 cm³/mol. The van der Waals surface area contributed by atoms with Crippen molar-refractivity contribution in [1.82, 2.24) is 19.6 Å². The van der Waals surface area contributed by atoms with Gasteiger partial charge in [0.15, 0.2) is 11.6 Å². The van der Waals surface area contributed by atoms with Crippen molar-refractivity contribution in [3.05, 3.63) is 30.1 Å². The van der Waals surface area contributed by atoms with Crippen LogP contribution in [0.25, 0.3) is 16.7 Å². The van der Waals surface area contributed by atoms with Crippen molar-refractivity contribution >= 4 is 22.5 Å². The van der Waals surface area contributed by atoms with Crippen molar-refractivity contribution in [2.24, 2.45) is 0 Å². The summed E-state index contributed by atoms with van der Waals surface area (Å²) in [5, 5.41) is 10.5. The first-order chi connectivity index (χ1) is 8.72. The number of hydrogen-bond acceptors (Lipinski definition) is 4. The van der Waals surface area contributed by atoms with Gasteiger partial charge in [-0.2, -0.15) is 4.98 Å². The van der Waals surface area contributed by atoms with Crippen molar-refractivity contribution in [1.29, 1.82) is 0 Å². The molecule has 0 aliphatic heterocycles. The Kier molecular flexibility index (Phi) is 2.32. The van der Waals surface area contributed by atoms with Gasteiger partial charge in [-0.15, -0.1) is 10.2 Å². The first kappa shape index (κ1) is 10.8. The summed E-state index contributed by atoms with van der Waals surface area (Å²) in [6.07, 6.45) is 1.41. The minimum Gasteiger partial charge on any atom is -0.370 e. The molecule has 3 rings (SSSR count). The number of nitrogens with zero attached hydrogens (tertiary/aromatic N) is 4. The topological polar surface area (TPSA) is 55.1 Å². The highest BCUT2D eigenvalue weighted by molar-refractivity contribution is 5.91. The summed E-state index contributed by atoms with van der Waals surface area (Å²) >= 11 is 0. The number of rotatable bonds is 2. The molecular weight excluding hydrogens is 240 g/mol. The summed E-state index contributed by atoms with van der Waals surface area (Å²) < 4.78 is 28.7. The van der Waals surface area contributed by atoms with Crippen molar-refractivity contribution in [2.45, 2.75) is 6.92 Å². The normalized spacial score (nSPS) is 11.3. The summed E-state index contributed by atoms with van der Waals surface area (Å²) in [6.45, 7) is 2.39. The minimum atomic E-state index is -0.924. The fraction of sp³-hybridized carbons (Fsp3) is 0.182. The molecule has 5 nitrogen and oxygen atoms in total. The third-order valence-corrected chi connectivity index (χ3v) is 2.65. The van der Waals surface area contributed by atoms with Crippen LogP contribution in [0, 0.1) is 11.6 Å². The van der Waals surface area contributed by atoms with Gasteiger partial charge in [-0.3, -0.25) is 4.40 Å². The molecule has 2 heterocycles. The second-order valence-corrected chi connectivity index (χ2v) is 3.75. The lowest BCUT2D eigenvalue weighted by Crippen LogP contribution is -2.05. The molecule has 0 atom stereocenters. The van der Waals surface area contributed by atoms with E-state index in [-0.39, 0.29) is 11.2 Å². The smallest absolute Gasteiger partial charge is 0.257 e. The number of fused-ring (bicyclic) bond motifs is 3. The van der Waals surface area contributed by atoms with Gasteiger partial charge in [0.25, 0.3) is 5.78 Å². The average Bonchev–Trinajstić information content (AvgIpc) is 2.81. The molecule has 92 valence electrons. The van der Waals surface area contributed by atoms with E-state index in [0.717, 1.165) is 6.07 Å². The van der Waals surface area contributed by atoms with Crippen LogP contribution in [-0.4, -0.2) is 26.1 Å². The summed E-state index contributed by atoms with van der Waals surface area (Å²) in [5.41, 5.74) is 0.472. The van der Waals surface area contributed by atoms with Gasteiger partial charge in [0.2, 0.25) is 0 Å². The fourth-order valence-electron chi connectivity index (χ4n) is 1.89. The van der Waals surface area contributed by atoms with Crippen LogP contribution in [0.5, 0.6) is 0 Å². The average molecular weight is 249 g/mol. The molecule has 0 aliphatic carbocycles. The lowest BCUT2D eigenvalue weighted by Gasteiger charge is -2.09. The summed E-state index contributed by atoms with van der Waals surface area (Å²) in [6, 6.07) is 2.56. The number of hydrogen-bond donors (Lipinski definition) is 1. The van der Waals surface area contributed by atoms with Gasteiger partial charge in [-0.05, 0) is 19.1 Å². The van der Waals surface area contributed by atoms with E-state index in [1.165, 1.54) is 16.8 Å². The zero-order valence-corrected chi connectivity index (χ0v) is 9.48. The standard InChI is InChI=1S/C11H9F2N5/c1-2-14-10-8-7(4-3-6(12)9(8)13)18-5-15-17-11(18)16-10/h3-5H,2H2,1H3,(H,14,16,17). The maximum absolute atomic E-state index is 13.9. The largest absolute Gasteiger partial charge is 0.370 e. The van der Waals surface area contributed by atoms with Crippen LogP contribution in [-0.2, 0) is 0 Å². The van der Waals surface area contributed by atoms with Gasteiger partial charge in [0.1, 0.15) is 12.1 Å². The van der Waals surface area contributed by atoms with Gasteiger partial charge in [-0.1, -0.05) is 0 Å². The molecule has 2 aromatic heterocycles. The zero-order valence-electron chi connectivity index (χ0n) is 9.48. The molecule has 0 saturated carbocycles. The Labute approximate surface area is 100 Å². The molecule has 0 fully saturated rings. The van der Waals surface area contributed by atoms with Gasteiger partial charge < -0.3 is 5.32 Å². The molecule has 0 bridgehead atoms. The number of nitrogens with one attached hydrogen (secondary N) is 1. The molecule has 1 aromatic carbocycles. The van der Waals surface area contributed by atoms with E-state index < -0.39 is 11.6 Å². The number of benzene rings is 1. The molecule has 0 unspecified atom stereocenters. The molecule has 3 aromatic rings. The quantitative estimate of drug-likeness (QED) is 0.754. The Bertz CT molecular complexity index is 737. The van der Waals surface area contributed by atoms with Crippen LogP contribution >= 0.6 is 0 Å². The molecule has 1 N–H and O–H groups in total. The van der Waals surface area contributed by atoms with Crippen LogP contribution in [0.15, 0.2) is 18.5 Å². The zero-order chi connectivity index (χ0) is 12.7. The molecule has 18 heavy (non-hydrogen) atoms. The van der Waals surface area contributed by atoms with E-state index in [1.54, 1.807) is 0 Å². The Morgan fingerprint density at radius 2 is 2.17 bits per heavy atom. The minimum absolute atomic E-state index is 0.101. The van der Waals surface area contributed by atoms with Crippen molar-refractivity contribution < 1.29 is 8.78 Å². The Balaban J connectivity index is 2.51. The van der Waals surface area contributed by atoms with Crippen LogP contribution in [0.2, 0.25) is 0 Å². The molecule has 0 saturated heterocycles. The fourth-order valence-corrected chi connectivity index (χ4v) is 1.89. The Hall–Kier alpha value is -2.31.